The molecule has 0 N–H and O–H groups in total. The Morgan fingerprint density at radius 3 is 2.68 bits per heavy atom. The monoisotopic (exact) mass is 257 g/mol. The number of aromatic nitrogens is 2. The van der Waals surface area contributed by atoms with E-state index >= 15 is 0 Å². The molecule has 1 aliphatic heterocycles. The van der Waals surface area contributed by atoms with Crippen LogP contribution in [0.3, 0.4) is 0 Å². The van der Waals surface area contributed by atoms with E-state index in [1.54, 1.807) is 26.3 Å². The lowest BCUT2D eigenvalue weighted by atomic mass is 10.1. The molecule has 0 spiro atoms. The number of ether oxygens (including phenoxy) is 1. The number of anilines is 1. The number of hydrogen-bond acceptors (Lipinski definition) is 4. The molecule has 1 aliphatic rings. The molecule has 3 rings (SSSR count). The molecule has 0 saturated heterocycles. The molecule has 0 aliphatic carbocycles. The maximum atomic E-state index is 11.4. The maximum absolute atomic E-state index is 11.4. The van der Waals surface area contributed by atoms with Gasteiger partial charge in [0.15, 0.2) is 0 Å². The Morgan fingerprint density at radius 2 is 1.95 bits per heavy atom. The summed E-state index contributed by atoms with van der Waals surface area (Å²) in [5, 5.41) is 4.28. The summed E-state index contributed by atoms with van der Waals surface area (Å²) in [6.45, 7) is 1.60. The second-order valence-electron chi connectivity index (χ2n) is 4.64. The van der Waals surface area contributed by atoms with E-state index in [1.807, 2.05) is 6.07 Å². The topological polar surface area (TPSA) is 47.4 Å². The minimum absolute atomic E-state index is 0.0952. The van der Waals surface area contributed by atoms with Gasteiger partial charge in [-0.2, -0.15) is 5.10 Å². The van der Waals surface area contributed by atoms with Crippen molar-refractivity contribution < 1.29 is 4.74 Å². The summed E-state index contributed by atoms with van der Waals surface area (Å²) >= 11 is 0. The molecule has 5 nitrogen and oxygen atoms in total. The van der Waals surface area contributed by atoms with Gasteiger partial charge < -0.3 is 9.64 Å². The van der Waals surface area contributed by atoms with Crippen LogP contribution in [0, 0.1) is 0 Å². The molecule has 1 aromatic heterocycles. The number of nitrogens with zero attached hydrogens (tertiary/aromatic N) is 3. The van der Waals surface area contributed by atoms with Crippen molar-refractivity contribution in [2.75, 3.05) is 12.0 Å². The van der Waals surface area contributed by atoms with Crippen molar-refractivity contribution in [1.82, 2.24) is 9.78 Å². The van der Waals surface area contributed by atoms with Crippen molar-refractivity contribution in [2.45, 2.75) is 13.1 Å². The average molecular weight is 257 g/mol. The maximum Gasteiger partial charge on any atom is 0.266 e. The second kappa shape index (κ2) is 4.42. The van der Waals surface area contributed by atoms with Gasteiger partial charge in [-0.15, -0.1) is 0 Å². The van der Waals surface area contributed by atoms with Crippen LogP contribution >= 0.6 is 0 Å². The molecule has 98 valence electrons. The van der Waals surface area contributed by atoms with Gasteiger partial charge in [0, 0.05) is 26.2 Å². The van der Waals surface area contributed by atoms with Gasteiger partial charge in [-0.05, 0) is 29.3 Å². The van der Waals surface area contributed by atoms with Crippen LogP contribution in [-0.4, -0.2) is 16.9 Å². The van der Waals surface area contributed by atoms with Crippen molar-refractivity contribution in [2.24, 2.45) is 7.05 Å². The predicted octanol–water partition coefficient (Wildman–Crippen LogP) is 1.31. The van der Waals surface area contributed by atoms with Gasteiger partial charge in [0.1, 0.15) is 11.6 Å². The molecule has 5 heteroatoms. The van der Waals surface area contributed by atoms with Gasteiger partial charge in [-0.25, -0.2) is 4.68 Å². The standard InChI is InChI=1S/C14H15N3O2/c1-16-14(18)6-5-13(15-16)17-8-10-3-4-12(19-2)7-11(10)9-17/h3-7H,8-9H2,1-2H3. The fourth-order valence-electron chi connectivity index (χ4n) is 2.32. The lowest BCUT2D eigenvalue weighted by Gasteiger charge is -2.16. The van der Waals surface area contributed by atoms with Gasteiger partial charge >= 0.3 is 0 Å². The minimum Gasteiger partial charge on any atom is -0.497 e. The molecular weight excluding hydrogens is 242 g/mol. The number of fused-ring (bicyclic) bond motifs is 1. The van der Waals surface area contributed by atoms with Crippen LogP contribution < -0.4 is 15.2 Å². The van der Waals surface area contributed by atoms with Crippen LogP contribution in [0.5, 0.6) is 5.75 Å². The van der Waals surface area contributed by atoms with E-state index in [4.69, 9.17) is 4.74 Å². The molecule has 0 radical (unpaired) electrons. The Kier molecular flexibility index (Phi) is 2.74. The molecule has 0 bridgehead atoms. The van der Waals surface area contributed by atoms with E-state index in [-0.39, 0.29) is 5.56 Å². The Bertz CT molecular complexity index is 679. The number of hydrogen-bond donors (Lipinski definition) is 0. The summed E-state index contributed by atoms with van der Waals surface area (Å²) < 4.78 is 6.60. The van der Waals surface area contributed by atoms with Crippen LogP contribution in [0.25, 0.3) is 0 Å². The summed E-state index contributed by atoms with van der Waals surface area (Å²) in [7, 11) is 3.33. The van der Waals surface area contributed by atoms with E-state index in [2.05, 4.69) is 22.1 Å². The Morgan fingerprint density at radius 1 is 1.16 bits per heavy atom. The minimum atomic E-state index is -0.0952. The number of methoxy groups -OCH3 is 1. The molecule has 2 aromatic rings. The quantitative estimate of drug-likeness (QED) is 0.814. The number of rotatable bonds is 2. The first-order valence-corrected chi connectivity index (χ1v) is 6.12. The zero-order valence-corrected chi connectivity index (χ0v) is 11.0. The van der Waals surface area contributed by atoms with E-state index in [1.165, 1.54) is 15.8 Å². The third kappa shape index (κ3) is 2.07. The molecule has 0 unspecified atom stereocenters. The molecule has 0 saturated carbocycles. The molecule has 0 fully saturated rings. The van der Waals surface area contributed by atoms with Gasteiger partial charge in [0.2, 0.25) is 0 Å². The summed E-state index contributed by atoms with van der Waals surface area (Å²) in [6.07, 6.45) is 0. The zero-order chi connectivity index (χ0) is 13.4. The van der Waals surface area contributed by atoms with E-state index in [0.29, 0.717) is 0 Å². The SMILES string of the molecule is COc1ccc2c(c1)CN(c1ccc(=O)n(C)n1)C2. The van der Waals surface area contributed by atoms with Gasteiger partial charge in [0.05, 0.1) is 7.11 Å². The van der Waals surface area contributed by atoms with Gasteiger partial charge in [0.25, 0.3) is 5.56 Å². The highest BCUT2D eigenvalue weighted by molar-refractivity contribution is 5.48. The smallest absolute Gasteiger partial charge is 0.266 e. The lowest BCUT2D eigenvalue weighted by Crippen LogP contribution is -2.23. The van der Waals surface area contributed by atoms with Gasteiger partial charge in [-0.3, -0.25) is 4.79 Å². The van der Waals surface area contributed by atoms with Crippen LogP contribution in [0.1, 0.15) is 11.1 Å². The van der Waals surface area contributed by atoms with Crippen LogP contribution in [-0.2, 0) is 20.1 Å². The summed E-state index contributed by atoms with van der Waals surface area (Å²) in [5.41, 5.74) is 2.42. The van der Waals surface area contributed by atoms with E-state index in [0.717, 1.165) is 24.7 Å². The van der Waals surface area contributed by atoms with Crippen LogP contribution in [0.4, 0.5) is 5.82 Å². The first-order chi connectivity index (χ1) is 9.17. The fourth-order valence-corrected chi connectivity index (χ4v) is 2.32. The Hall–Kier alpha value is -2.30. The second-order valence-corrected chi connectivity index (χ2v) is 4.64. The fraction of sp³-hybridized carbons (Fsp3) is 0.286. The van der Waals surface area contributed by atoms with Gasteiger partial charge in [-0.1, -0.05) is 6.07 Å². The van der Waals surface area contributed by atoms with E-state index in [9.17, 15) is 4.79 Å². The highest BCUT2D eigenvalue weighted by Gasteiger charge is 2.20. The van der Waals surface area contributed by atoms with E-state index < -0.39 is 0 Å². The molecular formula is C14H15N3O2. The van der Waals surface area contributed by atoms with Crippen molar-refractivity contribution in [3.8, 4) is 5.75 Å². The predicted molar refractivity (Wildman–Crippen MR) is 72.4 cm³/mol. The molecule has 19 heavy (non-hydrogen) atoms. The molecule has 1 aromatic carbocycles. The van der Waals surface area contributed by atoms with Crippen molar-refractivity contribution >= 4 is 5.82 Å². The van der Waals surface area contributed by atoms with Crippen molar-refractivity contribution in [1.29, 1.82) is 0 Å². The first kappa shape index (κ1) is 11.8. The zero-order valence-electron chi connectivity index (χ0n) is 11.0. The first-order valence-electron chi connectivity index (χ1n) is 6.12. The highest BCUT2D eigenvalue weighted by atomic mass is 16.5. The largest absolute Gasteiger partial charge is 0.497 e. The van der Waals surface area contributed by atoms with Crippen molar-refractivity contribution in [3.63, 3.8) is 0 Å². The number of benzene rings is 1. The highest BCUT2D eigenvalue weighted by Crippen LogP contribution is 2.29. The molecule has 0 amide bonds. The summed E-state index contributed by atoms with van der Waals surface area (Å²) in [4.78, 5) is 13.5. The third-order valence-electron chi connectivity index (χ3n) is 3.41. The number of aryl methyl sites for hydroxylation is 1. The van der Waals surface area contributed by atoms with Crippen molar-refractivity contribution in [3.05, 3.63) is 51.8 Å². The Labute approximate surface area is 111 Å². The molecule has 2 heterocycles. The lowest BCUT2D eigenvalue weighted by molar-refractivity contribution is 0.414. The summed E-state index contributed by atoms with van der Waals surface area (Å²) in [5.74, 6) is 1.69. The normalized spacial score (nSPS) is 13.5. The third-order valence-corrected chi connectivity index (χ3v) is 3.41. The molecule has 0 atom stereocenters. The summed E-state index contributed by atoms with van der Waals surface area (Å²) in [6, 6.07) is 9.42. The van der Waals surface area contributed by atoms with Crippen LogP contribution in [0.15, 0.2) is 35.1 Å². The van der Waals surface area contributed by atoms with Crippen LogP contribution in [0.2, 0.25) is 0 Å². The average Bonchev–Trinajstić information content (AvgIpc) is 2.84. The Balaban J connectivity index is 1.90.